The minimum atomic E-state index is -0.368. The molecule has 0 radical (unpaired) electrons. The molecule has 0 amide bonds. The van der Waals surface area contributed by atoms with Gasteiger partial charge in [0.15, 0.2) is 0 Å². The van der Waals surface area contributed by atoms with Gasteiger partial charge in [-0.2, -0.15) is 0 Å². The third kappa shape index (κ3) is 5.39. The Morgan fingerprint density at radius 2 is 1.83 bits per heavy atom. The van der Waals surface area contributed by atoms with E-state index in [0.29, 0.717) is 17.9 Å². The highest BCUT2D eigenvalue weighted by atomic mass is 79.9. The normalized spacial score (nSPS) is 10.4. The summed E-state index contributed by atoms with van der Waals surface area (Å²) in [7, 11) is 0. The van der Waals surface area contributed by atoms with E-state index in [2.05, 4.69) is 22.9 Å². The number of benzene rings is 2. The number of ether oxygens (including phenoxy) is 2. The Morgan fingerprint density at radius 3 is 2.48 bits per heavy atom. The summed E-state index contributed by atoms with van der Waals surface area (Å²) in [5, 5.41) is 0. The monoisotopic (exact) mass is 376 g/mol. The maximum Gasteiger partial charge on any atom is 0.343 e. The molecular weight excluding hydrogens is 356 g/mol. The molecule has 4 heteroatoms. The van der Waals surface area contributed by atoms with Crippen LogP contribution in [0.25, 0.3) is 0 Å². The SMILES string of the molecule is CCCCCOc1ccc(C(=O)Oc2ccc(Br)cc2C)cc1. The van der Waals surface area contributed by atoms with E-state index in [-0.39, 0.29) is 5.97 Å². The summed E-state index contributed by atoms with van der Waals surface area (Å²) in [6.45, 7) is 4.77. The molecule has 0 saturated carbocycles. The van der Waals surface area contributed by atoms with Crippen LogP contribution in [0, 0.1) is 6.92 Å². The summed E-state index contributed by atoms with van der Waals surface area (Å²) >= 11 is 3.39. The topological polar surface area (TPSA) is 35.5 Å². The lowest BCUT2D eigenvalue weighted by atomic mass is 10.2. The second-order valence-electron chi connectivity index (χ2n) is 5.38. The van der Waals surface area contributed by atoms with Gasteiger partial charge in [0, 0.05) is 4.47 Å². The van der Waals surface area contributed by atoms with Crippen LogP contribution in [0.3, 0.4) is 0 Å². The number of hydrogen-bond donors (Lipinski definition) is 0. The summed E-state index contributed by atoms with van der Waals surface area (Å²) in [6.07, 6.45) is 3.38. The standard InChI is InChI=1S/C19H21BrO3/c1-3-4-5-12-22-17-9-6-15(7-10-17)19(21)23-18-11-8-16(20)13-14(18)2/h6-11,13H,3-5,12H2,1-2H3. The molecule has 0 spiro atoms. The summed E-state index contributed by atoms with van der Waals surface area (Å²) < 4.78 is 12.0. The van der Waals surface area contributed by atoms with E-state index in [0.717, 1.165) is 28.6 Å². The maximum atomic E-state index is 12.2. The average molecular weight is 377 g/mol. The highest BCUT2D eigenvalue weighted by Crippen LogP contribution is 2.23. The van der Waals surface area contributed by atoms with Crippen molar-refractivity contribution in [1.82, 2.24) is 0 Å². The highest BCUT2D eigenvalue weighted by molar-refractivity contribution is 9.10. The first-order chi connectivity index (χ1) is 11.1. The van der Waals surface area contributed by atoms with E-state index in [1.54, 1.807) is 30.3 Å². The average Bonchev–Trinajstić information content (AvgIpc) is 2.55. The first kappa shape index (κ1) is 17.5. The number of carbonyl (C=O) groups excluding carboxylic acids is 1. The Labute approximate surface area is 145 Å². The largest absolute Gasteiger partial charge is 0.494 e. The Hall–Kier alpha value is -1.81. The lowest BCUT2D eigenvalue weighted by molar-refractivity contribution is 0.0733. The number of aryl methyl sites for hydroxylation is 1. The molecule has 0 N–H and O–H groups in total. The molecule has 0 aromatic heterocycles. The van der Waals surface area contributed by atoms with Gasteiger partial charge in [0.25, 0.3) is 0 Å². The quantitative estimate of drug-likeness (QED) is 0.361. The Kier molecular flexibility index (Phi) is 6.66. The van der Waals surface area contributed by atoms with Crippen LogP contribution >= 0.6 is 15.9 Å². The van der Waals surface area contributed by atoms with Crippen LogP contribution < -0.4 is 9.47 Å². The van der Waals surface area contributed by atoms with Gasteiger partial charge in [0.2, 0.25) is 0 Å². The molecular formula is C19H21BrO3. The van der Waals surface area contributed by atoms with Gasteiger partial charge in [-0.05, 0) is 61.4 Å². The van der Waals surface area contributed by atoms with E-state index in [1.165, 1.54) is 6.42 Å². The fourth-order valence-corrected chi connectivity index (χ4v) is 2.59. The predicted molar refractivity (Wildman–Crippen MR) is 95.3 cm³/mol. The van der Waals surface area contributed by atoms with Gasteiger partial charge < -0.3 is 9.47 Å². The van der Waals surface area contributed by atoms with Crippen LogP contribution in [0.1, 0.15) is 42.1 Å². The van der Waals surface area contributed by atoms with Gasteiger partial charge in [0.1, 0.15) is 11.5 Å². The third-order valence-corrected chi connectivity index (χ3v) is 3.94. The van der Waals surface area contributed by atoms with Crippen molar-refractivity contribution in [3.63, 3.8) is 0 Å². The zero-order valence-corrected chi connectivity index (χ0v) is 15.1. The smallest absolute Gasteiger partial charge is 0.343 e. The van der Waals surface area contributed by atoms with Crippen LogP contribution in [0.5, 0.6) is 11.5 Å². The van der Waals surface area contributed by atoms with Gasteiger partial charge in [-0.15, -0.1) is 0 Å². The van der Waals surface area contributed by atoms with Crippen molar-refractivity contribution in [1.29, 1.82) is 0 Å². The molecule has 0 fully saturated rings. The third-order valence-electron chi connectivity index (χ3n) is 3.45. The summed E-state index contributed by atoms with van der Waals surface area (Å²) in [4.78, 5) is 12.2. The molecule has 0 aliphatic carbocycles. The van der Waals surface area contributed by atoms with Crippen molar-refractivity contribution in [2.75, 3.05) is 6.61 Å². The van der Waals surface area contributed by atoms with Gasteiger partial charge >= 0.3 is 5.97 Å². The maximum absolute atomic E-state index is 12.2. The minimum absolute atomic E-state index is 0.368. The molecule has 0 heterocycles. The Morgan fingerprint density at radius 1 is 1.09 bits per heavy atom. The van der Waals surface area contributed by atoms with Gasteiger partial charge in [0.05, 0.1) is 12.2 Å². The van der Waals surface area contributed by atoms with Crippen LogP contribution in [-0.4, -0.2) is 12.6 Å². The van der Waals surface area contributed by atoms with E-state index >= 15 is 0 Å². The van der Waals surface area contributed by atoms with Crippen molar-refractivity contribution in [3.8, 4) is 11.5 Å². The molecule has 0 saturated heterocycles. The Balaban J connectivity index is 1.94. The van der Waals surface area contributed by atoms with E-state index in [1.807, 2.05) is 19.1 Å². The lowest BCUT2D eigenvalue weighted by Crippen LogP contribution is -2.09. The number of halogens is 1. The van der Waals surface area contributed by atoms with Gasteiger partial charge in [-0.1, -0.05) is 35.7 Å². The number of hydrogen-bond acceptors (Lipinski definition) is 3. The van der Waals surface area contributed by atoms with E-state index in [9.17, 15) is 4.79 Å². The molecule has 0 aliphatic rings. The molecule has 0 bridgehead atoms. The van der Waals surface area contributed by atoms with Gasteiger partial charge in [-0.25, -0.2) is 4.79 Å². The lowest BCUT2D eigenvalue weighted by Gasteiger charge is -2.09. The van der Waals surface area contributed by atoms with Crippen LogP contribution in [-0.2, 0) is 0 Å². The minimum Gasteiger partial charge on any atom is -0.494 e. The molecule has 0 atom stereocenters. The zero-order chi connectivity index (χ0) is 16.7. The predicted octanol–water partition coefficient (Wildman–Crippen LogP) is 5.55. The van der Waals surface area contributed by atoms with Gasteiger partial charge in [-0.3, -0.25) is 0 Å². The molecule has 23 heavy (non-hydrogen) atoms. The Bertz CT molecular complexity index is 650. The second-order valence-corrected chi connectivity index (χ2v) is 6.29. The van der Waals surface area contributed by atoms with Crippen LogP contribution in [0.4, 0.5) is 0 Å². The number of esters is 1. The molecule has 2 aromatic carbocycles. The van der Waals surface area contributed by atoms with E-state index in [4.69, 9.17) is 9.47 Å². The fourth-order valence-electron chi connectivity index (χ4n) is 2.12. The molecule has 2 rings (SSSR count). The van der Waals surface area contributed by atoms with Crippen molar-refractivity contribution in [2.24, 2.45) is 0 Å². The fraction of sp³-hybridized carbons (Fsp3) is 0.316. The zero-order valence-electron chi connectivity index (χ0n) is 13.5. The number of rotatable bonds is 7. The molecule has 3 nitrogen and oxygen atoms in total. The molecule has 0 unspecified atom stereocenters. The summed E-state index contributed by atoms with van der Waals surface area (Å²) in [5.41, 5.74) is 1.41. The molecule has 0 aliphatic heterocycles. The summed E-state index contributed by atoms with van der Waals surface area (Å²) in [6, 6.07) is 12.6. The van der Waals surface area contributed by atoms with Crippen molar-refractivity contribution >= 4 is 21.9 Å². The van der Waals surface area contributed by atoms with Crippen LogP contribution in [0.2, 0.25) is 0 Å². The van der Waals surface area contributed by atoms with Crippen molar-refractivity contribution in [2.45, 2.75) is 33.1 Å². The molecule has 2 aromatic rings. The van der Waals surface area contributed by atoms with Crippen LogP contribution in [0.15, 0.2) is 46.9 Å². The number of carbonyl (C=O) groups is 1. The first-order valence-corrected chi connectivity index (χ1v) is 8.60. The van der Waals surface area contributed by atoms with Crippen molar-refractivity contribution in [3.05, 3.63) is 58.1 Å². The van der Waals surface area contributed by atoms with Crippen molar-refractivity contribution < 1.29 is 14.3 Å². The van der Waals surface area contributed by atoms with E-state index < -0.39 is 0 Å². The summed E-state index contributed by atoms with van der Waals surface area (Å²) in [5.74, 6) is 0.975. The first-order valence-electron chi connectivity index (χ1n) is 7.81. The highest BCUT2D eigenvalue weighted by Gasteiger charge is 2.10. The number of unbranched alkanes of at least 4 members (excludes halogenated alkanes) is 2. The molecule has 122 valence electrons. The second kappa shape index (κ2) is 8.73.